The standard InChI is InChI=1S/C7H17NO.CH3Br/c1-4-8(5-2)6-7-9-3;1-2/h4-7H2,1-3H3;1H3. The maximum Gasteiger partial charge on any atom is 0.0589 e. The minimum Gasteiger partial charge on any atom is -0.383 e. The lowest BCUT2D eigenvalue weighted by molar-refractivity contribution is 0.154. The van der Waals surface area contributed by atoms with Crippen LogP contribution in [-0.4, -0.2) is 44.1 Å². The molecule has 0 spiro atoms. The van der Waals surface area contributed by atoms with E-state index in [2.05, 4.69) is 34.7 Å². The molecule has 0 aromatic heterocycles. The van der Waals surface area contributed by atoms with Gasteiger partial charge >= 0.3 is 0 Å². The molecule has 0 aliphatic carbocycles. The molecule has 2 nitrogen and oxygen atoms in total. The second-order valence-electron chi connectivity index (χ2n) is 2.02. The molecule has 3 heteroatoms. The van der Waals surface area contributed by atoms with Crippen LogP contribution in [0.25, 0.3) is 0 Å². The highest BCUT2D eigenvalue weighted by molar-refractivity contribution is 9.08. The molecule has 0 unspecified atom stereocenters. The van der Waals surface area contributed by atoms with Gasteiger partial charge in [0.1, 0.15) is 0 Å². The summed E-state index contributed by atoms with van der Waals surface area (Å²) >= 11 is 2.94. The number of methoxy groups -OCH3 is 1. The minimum absolute atomic E-state index is 0.849. The van der Waals surface area contributed by atoms with Crippen molar-refractivity contribution in [3.05, 3.63) is 0 Å². The van der Waals surface area contributed by atoms with Crippen molar-refractivity contribution in [3.63, 3.8) is 0 Å². The topological polar surface area (TPSA) is 12.5 Å². The number of hydrogen-bond acceptors (Lipinski definition) is 2. The number of likely N-dealkylation sites (N-methyl/N-ethyl adjacent to an activating group) is 1. The highest BCUT2D eigenvalue weighted by Gasteiger charge is 1.95. The van der Waals surface area contributed by atoms with Crippen LogP contribution in [0.4, 0.5) is 0 Å². The Bertz CT molecular complexity index is 58.1. The highest BCUT2D eigenvalue weighted by Crippen LogP contribution is 1.84. The van der Waals surface area contributed by atoms with E-state index in [9.17, 15) is 0 Å². The third-order valence-electron chi connectivity index (χ3n) is 1.51. The van der Waals surface area contributed by atoms with E-state index in [1.165, 1.54) is 0 Å². The molecule has 0 amide bonds. The molecule has 0 aromatic rings. The first-order chi connectivity index (χ1) is 5.35. The average Bonchev–Trinajstić information content (AvgIpc) is 2.10. The summed E-state index contributed by atoms with van der Waals surface area (Å²) in [5.41, 5.74) is 0. The fraction of sp³-hybridized carbons (Fsp3) is 1.00. The van der Waals surface area contributed by atoms with E-state index in [1.54, 1.807) is 7.11 Å². The molecule has 0 radical (unpaired) electrons. The van der Waals surface area contributed by atoms with Crippen molar-refractivity contribution in [1.82, 2.24) is 4.90 Å². The molecule has 0 saturated carbocycles. The molecule has 0 fully saturated rings. The van der Waals surface area contributed by atoms with Gasteiger partial charge in [0.05, 0.1) is 6.61 Å². The van der Waals surface area contributed by atoms with Crippen molar-refractivity contribution in [1.29, 1.82) is 0 Å². The zero-order valence-electron chi connectivity index (χ0n) is 8.06. The number of alkyl halides is 1. The van der Waals surface area contributed by atoms with Gasteiger partial charge in [0.15, 0.2) is 0 Å². The molecule has 70 valence electrons. The molecule has 0 heterocycles. The van der Waals surface area contributed by atoms with Gasteiger partial charge in [0.25, 0.3) is 0 Å². The van der Waals surface area contributed by atoms with Crippen LogP contribution in [0.1, 0.15) is 13.8 Å². The van der Waals surface area contributed by atoms with Crippen LogP contribution in [0.5, 0.6) is 0 Å². The van der Waals surface area contributed by atoms with Gasteiger partial charge in [-0.3, -0.25) is 0 Å². The Hall–Kier alpha value is 0.400. The Morgan fingerprint density at radius 2 is 1.64 bits per heavy atom. The van der Waals surface area contributed by atoms with Crippen LogP contribution in [0.3, 0.4) is 0 Å². The monoisotopic (exact) mass is 225 g/mol. The molecule has 0 bridgehead atoms. The van der Waals surface area contributed by atoms with Crippen molar-refractivity contribution in [2.75, 3.05) is 39.2 Å². The molecular weight excluding hydrogens is 206 g/mol. The summed E-state index contributed by atoms with van der Waals surface area (Å²) in [5, 5.41) is 0. The molecule has 0 aliphatic heterocycles. The summed E-state index contributed by atoms with van der Waals surface area (Å²) in [5.74, 6) is 1.81. The van der Waals surface area contributed by atoms with Crippen molar-refractivity contribution >= 4 is 15.9 Å². The molecule has 0 atom stereocenters. The Morgan fingerprint density at radius 1 is 1.18 bits per heavy atom. The lowest BCUT2D eigenvalue weighted by Gasteiger charge is -2.16. The summed E-state index contributed by atoms with van der Waals surface area (Å²) in [4.78, 5) is 2.34. The van der Waals surface area contributed by atoms with Gasteiger partial charge in [-0.1, -0.05) is 29.8 Å². The molecule has 11 heavy (non-hydrogen) atoms. The normalized spacial score (nSPS) is 9.27. The summed E-state index contributed by atoms with van der Waals surface area (Å²) in [6, 6.07) is 0. The first-order valence-corrected chi connectivity index (χ1v) is 5.52. The number of nitrogens with zero attached hydrogens (tertiary/aromatic N) is 1. The van der Waals surface area contributed by atoms with Crippen molar-refractivity contribution in [2.45, 2.75) is 13.8 Å². The van der Waals surface area contributed by atoms with Crippen LogP contribution in [-0.2, 0) is 4.74 Å². The molecule has 0 rings (SSSR count). The highest BCUT2D eigenvalue weighted by atomic mass is 79.9. The van der Waals surface area contributed by atoms with Gasteiger partial charge in [-0.2, -0.15) is 0 Å². The molecule has 0 aliphatic rings. The predicted octanol–water partition coefficient (Wildman–Crippen LogP) is 1.99. The van der Waals surface area contributed by atoms with Crippen LogP contribution in [0, 0.1) is 0 Å². The number of hydrogen-bond donors (Lipinski definition) is 0. The van der Waals surface area contributed by atoms with E-state index < -0.39 is 0 Å². The molecule has 0 saturated heterocycles. The predicted molar refractivity (Wildman–Crippen MR) is 54.5 cm³/mol. The number of ether oxygens (including phenoxy) is 1. The fourth-order valence-corrected chi connectivity index (χ4v) is 0.760. The average molecular weight is 226 g/mol. The maximum atomic E-state index is 4.93. The Labute approximate surface area is 79.0 Å². The zero-order valence-corrected chi connectivity index (χ0v) is 9.65. The first kappa shape index (κ1) is 14.0. The lowest BCUT2D eigenvalue weighted by Crippen LogP contribution is -2.26. The van der Waals surface area contributed by atoms with Crippen LogP contribution in [0.2, 0.25) is 0 Å². The Balaban J connectivity index is 0. The SMILES string of the molecule is CBr.CCN(CC)CCOC. The van der Waals surface area contributed by atoms with Crippen LogP contribution >= 0.6 is 15.9 Å². The minimum atomic E-state index is 0.849. The van der Waals surface area contributed by atoms with Crippen molar-refractivity contribution in [2.24, 2.45) is 0 Å². The van der Waals surface area contributed by atoms with Crippen LogP contribution < -0.4 is 0 Å². The third kappa shape index (κ3) is 10.4. The molecule has 0 aromatic carbocycles. The van der Waals surface area contributed by atoms with Crippen molar-refractivity contribution in [3.8, 4) is 0 Å². The zero-order chi connectivity index (χ0) is 9.11. The van der Waals surface area contributed by atoms with E-state index in [-0.39, 0.29) is 0 Å². The maximum absolute atomic E-state index is 4.93. The van der Waals surface area contributed by atoms with E-state index in [4.69, 9.17) is 4.74 Å². The van der Waals surface area contributed by atoms with Gasteiger partial charge < -0.3 is 9.64 Å². The third-order valence-corrected chi connectivity index (χ3v) is 1.51. The summed E-state index contributed by atoms with van der Waals surface area (Å²) in [6.07, 6.45) is 0. The largest absolute Gasteiger partial charge is 0.383 e. The molecule has 0 N–H and O–H groups in total. The van der Waals surface area contributed by atoms with Gasteiger partial charge in [-0.05, 0) is 18.9 Å². The van der Waals surface area contributed by atoms with Gasteiger partial charge in [-0.15, -0.1) is 0 Å². The first-order valence-electron chi connectivity index (χ1n) is 3.94. The lowest BCUT2D eigenvalue weighted by atomic mass is 10.5. The smallest absolute Gasteiger partial charge is 0.0589 e. The molecular formula is C8H20BrNO. The van der Waals surface area contributed by atoms with Gasteiger partial charge in [-0.25, -0.2) is 0 Å². The summed E-state index contributed by atoms with van der Waals surface area (Å²) in [6.45, 7) is 8.49. The number of rotatable bonds is 5. The van der Waals surface area contributed by atoms with E-state index in [1.807, 2.05) is 5.83 Å². The van der Waals surface area contributed by atoms with E-state index in [0.29, 0.717) is 0 Å². The van der Waals surface area contributed by atoms with Crippen molar-refractivity contribution < 1.29 is 4.74 Å². The second kappa shape index (κ2) is 13.0. The van der Waals surface area contributed by atoms with E-state index in [0.717, 1.165) is 26.2 Å². The fourth-order valence-electron chi connectivity index (χ4n) is 0.760. The summed E-state index contributed by atoms with van der Waals surface area (Å²) in [7, 11) is 1.74. The summed E-state index contributed by atoms with van der Waals surface area (Å²) < 4.78 is 4.93. The Morgan fingerprint density at radius 3 is 1.91 bits per heavy atom. The second-order valence-corrected chi connectivity index (χ2v) is 2.02. The Kier molecular flexibility index (Phi) is 16.5. The quantitative estimate of drug-likeness (QED) is 0.664. The number of halogens is 1. The van der Waals surface area contributed by atoms with E-state index >= 15 is 0 Å². The van der Waals surface area contributed by atoms with Crippen LogP contribution in [0.15, 0.2) is 0 Å². The van der Waals surface area contributed by atoms with Gasteiger partial charge in [0, 0.05) is 13.7 Å². The van der Waals surface area contributed by atoms with Gasteiger partial charge in [0.2, 0.25) is 0 Å².